The molecule has 0 aliphatic carbocycles. The number of nitrogens with zero attached hydrogens (tertiary/aromatic N) is 4. The van der Waals surface area contributed by atoms with Crippen molar-refractivity contribution in [2.24, 2.45) is 0 Å². The summed E-state index contributed by atoms with van der Waals surface area (Å²) >= 11 is 0. The van der Waals surface area contributed by atoms with Gasteiger partial charge >= 0.3 is 12.0 Å². The highest BCUT2D eigenvalue weighted by molar-refractivity contribution is 5.94. The Kier molecular flexibility index (Phi) is 5.52. The van der Waals surface area contributed by atoms with Crippen molar-refractivity contribution in [3.8, 4) is 0 Å². The average Bonchev–Trinajstić information content (AvgIpc) is 3.10. The maximum atomic E-state index is 13.1. The van der Waals surface area contributed by atoms with Crippen LogP contribution in [-0.4, -0.2) is 33.7 Å². The van der Waals surface area contributed by atoms with Crippen molar-refractivity contribution in [2.75, 3.05) is 23.3 Å². The van der Waals surface area contributed by atoms with Crippen molar-refractivity contribution in [1.82, 2.24) is 9.78 Å². The minimum absolute atomic E-state index is 0.0587. The molecule has 150 valence electrons. The van der Waals surface area contributed by atoms with E-state index in [1.54, 1.807) is 0 Å². The van der Waals surface area contributed by atoms with E-state index in [-0.39, 0.29) is 12.2 Å². The van der Waals surface area contributed by atoms with Crippen LogP contribution >= 0.6 is 0 Å². The largest absolute Gasteiger partial charge is 0.416 e. The van der Waals surface area contributed by atoms with Crippen molar-refractivity contribution in [3.05, 3.63) is 46.1 Å². The van der Waals surface area contributed by atoms with Crippen molar-refractivity contribution in [1.29, 1.82) is 0 Å². The van der Waals surface area contributed by atoms with Crippen molar-refractivity contribution in [2.45, 2.75) is 32.0 Å². The van der Waals surface area contributed by atoms with Gasteiger partial charge in [-0.1, -0.05) is 0 Å². The van der Waals surface area contributed by atoms with E-state index in [4.69, 9.17) is 0 Å². The zero-order valence-electron chi connectivity index (χ0n) is 14.8. The van der Waals surface area contributed by atoms with Crippen LogP contribution in [0.15, 0.2) is 30.5 Å². The van der Waals surface area contributed by atoms with Crippen LogP contribution < -0.4 is 10.2 Å². The monoisotopic (exact) mass is 397 g/mol. The van der Waals surface area contributed by atoms with Gasteiger partial charge in [0.1, 0.15) is 6.54 Å². The van der Waals surface area contributed by atoms with Crippen LogP contribution in [0.3, 0.4) is 0 Å². The highest BCUT2D eigenvalue weighted by Gasteiger charge is 2.32. The molecule has 0 saturated carbocycles. The van der Waals surface area contributed by atoms with Gasteiger partial charge in [0.15, 0.2) is 0 Å². The van der Waals surface area contributed by atoms with E-state index >= 15 is 0 Å². The van der Waals surface area contributed by atoms with Crippen LogP contribution in [-0.2, 0) is 17.5 Å². The summed E-state index contributed by atoms with van der Waals surface area (Å²) in [5.41, 5.74) is -0.283. The Morgan fingerprint density at radius 3 is 2.54 bits per heavy atom. The Labute approximate surface area is 158 Å². The first-order valence-electron chi connectivity index (χ1n) is 8.68. The Bertz CT molecular complexity index is 875. The highest BCUT2D eigenvalue weighted by Crippen LogP contribution is 2.36. The number of aromatic nitrogens is 2. The number of benzene rings is 1. The summed E-state index contributed by atoms with van der Waals surface area (Å²) in [6, 6.07) is 4.41. The number of nitro groups is 1. The number of alkyl halides is 3. The summed E-state index contributed by atoms with van der Waals surface area (Å²) < 4.78 is 40.4. The Balaban J connectivity index is 1.82. The second-order valence-corrected chi connectivity index (χ2v) is 6.45. The van der Waals surface area contributed by atoms with E-state index in [2.05, 4.69) is 10.4 Å². The molecule has 1 N–H and O–H groups in total. The number of rotatable bonds is 5. The second-order valence-electron chi connectivity index (χ2n) is 6.45. The van der Waals surface area contributed by atoms with Crippen LogP contribution in [0.2, 0.25) is 0 Å². The molecule has 28 heavy (non-hydrogen) atoms. The maximum Gasteiger partial charge on any atom is 0.416 e. The zero-order valence-corrected chi connectivity index (χ0v) is 14.8. The fourth-order valence-electron chi connectivity index (χ4n) is 3.10. The van der Waals surface area contributed by atoms with E-state index in [1.165, 1.54) is 12.3 Å². The van der Waals surface area contributed by atoms with Gasteiger partial charge in [-0.15, -0.1) is 0 Å². The van der Waals surface area contributed by atoms with Gasteiger partial charge in [-0.3, -0.25) is 4.79 Å². The molecule has 1 saturated heterocycles. The molecule has 1 aromatic carbocycles. The summed E-state index contributed by atoms with van der Waals surface area (Å²) in [6.45, 7) is 1.03. The predicted octanol–water partition coefficient (Wildman–Crippen LogP) is 3.44. The summed E-state index contributed by atoms with van der Waals surface area (Å²) in [5, 5.41) is 16.8. The summed E-state index contributed by atoms with van der Waals surface area (Å²) in [7, 11) is 0. The number of piperidine rings is 1. The molecule has 8 nitrogen and oxygen atoms in total. The third-order valence-corrected chi connectivity index (χ3v) is 4.41. The molecule has 0 bridgehead atoms. The minimum Gasteiger partial charge on any atom is -0.370 e. The number of amides is 1. The third kappa shape index (κ3) is 4.59. The lowest BCUT2D eigenvalue weighted by Crippen LogP contribution is -2.31. The van der Waals surface area contributed by atoms with Gasteiger partial charge < -0.3 is 20.3 Å². The smallest absolute Gasteiger partial charge is 0.370 e. The van der Waals surface area contributed by atoms with Gasteiger partial charge in [0, 0.05) is 13.1 Å². The molecule has 2 aromatic rings. The van der Waals surface area contributed by atoms with Crippen molar-refractivity contribution < 1.29 is 22.9 Å². The number of hydrogen-bond acceptors (Lipinski definition) is 5. The lowest BCUT2D eigenvalue weighted by Gasteiger charge is -2.31. The summed E-state index contributed by atoms with van der Waals surface area (Å²) in [5.74, 6) is -1.04. The van der Waals surface area contributed by atoms with Crippen LogP contribution in [0.1, 0.15) is 24.8 Å². The molecular weight excluding hydrogens is 379 g/mol. The van der Waals surface area contributed by atoms with Gasteiger partial charge in [0.05, 0.1) is 34.3 Å². The van der Waals surface area contributed by atoms with Crippen molar-refractivity contribution >= 4 is 23.1 Å². The third-order valence-electron chi connectivity index (χ3n) is 4.41. The van der Waals surface area contributed by atoms with Gasteiger partial charge in [0.2, 0.25) is 5.91 Å². The second kappa shape index (κ2) is 7.87. The lowest BCUT2D eigenvalue weighted by atomic mass is 10.1. The number of hydrogen-bond donors (Lipinski definition) is 1. The summed E-state index contributed by atoms with van der Waals surface area (Å²) in [4.78, 5) is 24.2. The van der Waals surface area contributed by atoms with Crippen LogP contribution in [0, 0.1) is 10.1 Å². The molecule has 3 rings (SSSR count). The number of halogens is 3. The van der Waals surface area contributed by atoms with Gasteiger partial charge in [-0.05, 0) is 42.4 Å². The van der Waals surface area contributed by atoms with Gasteiger partial charge in [0.25, 0.3) is 0 Å². The fourth-order valence-corrected chi connectivity index (χ4v) is 3.10. The number of carbonyl (C=O) groups is 1. The molecule has 0 radical (unpaired) electrons. The molecule has 2 heterocycles. The van der Waals surface area contributed by atoms with Crippen molar-refractivity contribution in [3.63, 3.8) is 0 Å². The maximum absolute atomic E-state index is 13.1. The molecule has 0 spiro atoms. The van der Waals surface area contributed by atoms with E-state index < -0.39 is 28.4 Å². The number of nitrogens with one attached hydrogen (secondary N) is 1. The topological polar surface area (TPSA) is 93.3 Å². The molecular formula is C17H18F3N5O3. The van der Waals surface area contributed by atoms with E-state index in [9.17, 15) is 28.1 Å². The first-order chi connectivity index (χ1) is 13.2. The molecule has 1 aliphatic heterocycles. The standard InChI is InChI=1S/C17H18F3N5O3/c18-17(19,20)12-4-5-14(23-7-2-1-3-8-23)13(10-12)21-16(26)11-24-9-6-15(22-24)25(27)28/h4-6,9-10H,1-3,7-8,11H2,(H,21,26). The number of anilines is 2. The predicted molar refractivity (Wildman–Crippen MR) is 95.0 cm³/mol. The normalized spacial score (nSPS) is 14.8. The highest BCUT2D eigenvalue weighted by atomic mass is 19.4. The van der Waals surface area contributed by atoms with E-state index in [0.717, 1.165) is 42.1 Å². The Morgan fingerprint density at radius 2 is 1.93 bits per heavy atom. The molecule has 11 heteroatoms. The molecule has 0 atom stereocenters. The first kappa shape index (κ1) is 19.6. The Hall–Kier alpha value is -3.11. The minimum atomic E-state index is -4.54. The molecule has 1 fully saturated rings. The molecule has 1 aliphatic rings. The lowest BCUT2D eigenvalue weighted by molar-refractivity contribution is -0.389. The SMILES string of the molecule is O=C(Cn1ccc([N+](=O)[O-])n1)Nc1cc(C(F)(F)F)ccc1N1CCCCC1. The Morgan fingerprint density at radius 1 is 1.21 bits per heavy atom. The average molecular weight is 397 g/mol. The van der Waals surface area contributed by atoms with Crippen LogP contribution in [0.5, 0.6) is 0 Å². The van der Waals surface area contributed by atoms with Crippen LogP contribution in [0.25, 0.3) is 0 Å². The van der Waals surface area contributed by atoms with Gasteiger partial charge in [-0.2, -0.15) is 17.9 Å². The first-order valence-corrected chi connectivity index (χ1v) is 8.68. The van der Waals surface area contributed by atoms with Crippen LogP contribution in [0.4, 0.5) is 30.4 Å². The van der Waals surface area contributed by atoms with E-state index in [0.29, 0.717) is 18.8 Å². The quantitative estimate of drug-likeness (QED) is 0.616. The fraction of sp³-hybridized carbons (Fsp3) is 0.412. The van der Waals surface area contributed by atoms with E-state index in [1.807, 2.05) is 4.90 Å². The number of carbonyl (C=O) groups excluding carboxylic acids is 1. The van der Waals surface area contributed by atoms with Gasteiger partial charge in [-0.25, -0.2) is 0 Å². The molecule has 0 unspecified atom stereocenters. The summed E-state index contributed by atoms with van der Waals surface area (Å²) in [6.07, 6.45) is -0.383. The zero-order chi connectivity index (χ0) is 20.3. The molecule has 1 aromatic heterocycles. The molecule has 1 amide bonds.